The smallest absolute Gasteiger partial charge is 0.319 e. The molecule has 128 valence electrons. The van der Waals surface area contributed by atoms with Gasteiger partial charge in [-0.15, -0.1) is 0 Å². The lowest BCUT2D eigenvalue weighted by molar-refractivity contribution is 0.251. The molecule has 25 heavy (non-hydrogen) atoms. The van der Waals surface area contributed by atoms with Crippen LogP contribution in [-0.2, 0) is 6.54 Å². The number of amides is 2. The zero-order chi connectivity index (χ0) is 17.6. The Hall–Kier alpha value is -3.15. The summed E-state index contributed by atoms with van der Waals surface area (Å²) in [5.74, 6) is 0. The molecule has 0 saturated carbocycles. The number of aromatic nitrogens is 3. The molecule has 2 heterocycles. The Balaban J connectivity index is 1.48. The Labute approximate surface area is 146 Å². The summed E-state index contributed by atoms with van der Waals surface area (Å²) in [6.07, 6.45) is 3.62. The summed E-state index contributed by atoms with van der Waals surface area (Å²) in [6, 6.07) is 13.3. The Morgan fingerprint density at radius 2 is 1.96 bits per heavy atom. The molecule has 0 aliphatic heterocycles. The molecule has 6 heteroatoms. The fourth-order valence-corrected chi connectivity index (χ4v) is 2.42. The molecule has 2 amide bonds. The van der Waals surface area contributed by atoms with Crippen LogP contribution < -0.4 is 10.6 Å². The molecule has 0 spiro atoms. The highest BCUT2D eigenvalue weighted by molar-refractivity contribution is 5.89. The molecule has 0 bridgehead atoms. The average molecular weight is 335 g/mol. The summed E-state index contributed by atoms with van der Waals surface area (Å²) in [6.45, 7) is 5.14. The molecule has 0 fully saturated rings. The zero-order valence-electron chi connectivity index (χ0n) is 14.4. The Kier molecular flexibility index (Phi) is 5.09. The molecule has 6 nitrogen and oxygen atoms in total. The topological polar surface area (TPSA) is 71.8 Å². The SMILES string of the molecule is Cc1ccc(NC(=O)NCCn2ccc(-c3ccccn3)n2)cc1C. The van der Waals surface area contributed by atoms with Crippen molar-refractivity contribution in [2.75, 3.05) is 11.9 Å². The van der Waals surface area contributed by atoms with E-state index in [9.17, 15) is 4.79 Å². The first-order chi connectivity index (χ1) is 12.1. The molecule has 1 aromatic carbocycles. The minimum atomic E-state index is -0.222. The summed E-state index contributed by atoms with van der Waals surface area (Å²) in [5, 5.41) is 10.1. The highest BCUT2D eigenvalue weighted by atomic mass is 16.2. The van der Waals surface area contributed by atoms with Crippen molar-refractivity contribution < 1.29 is 4.79 Å². The van der Waals surface area contributed by atoms with E-state index in [1.54, 1.807) is 10.9 Å². The number of nitrogens with one attached hydrogen (secondary N) is 2. The Bertz CT molecular complexity index is 857. The average Bonchev–Trinajstić information content (AvgIpc) is 3.08. The number of hydrogen-bond acceptors (Lipinski definition) is 3. The first-order valence-corrected chi connectivity index (χ1v) is 8.19. The minimum absolute atomic E-state index is 0.222. The fraction of sp³-hybridized carbons (Fsp3) is 0.211. The van der Waals surface area contributed by atoms with Crippen molar-refractivity contribution >= 4 is 11.7 Å². The Morgan fingerprint density at radius 1 is 1.08 bits per heavy atom. The van der Waals surface area contributed by atoms with Crippen LogP contribution in [0.1, 0.15) is 11.1 Å². The van der Waals surface area contributed by atoms with Gasteiger partial charge in [-0.2, -0.15) is 5.10 Å². The molecule has 3 aromatic rings. The van der Waals surface area contributed by atoms with Gasteiger partial charge in [0.25, 0.3) is 0 Å². The number of aryl methyl sites for hydroxylation is 2. The third kappa shape index (κ3) is 4.44. The van der Waals surface area contributed by atoms with Crippen LogP contribution in [0, 0.1) is 13.8 Å². The number of carbonyl (C=O) groups excluding carboxylic acids is 1. The number of nitrogens with zero attached hydrogens (tertiary/aromatic N) is 3. The van der Waals surface area contributed by atoms with Crippen molar-refractivity contribution in [3.63, 3.8) is 0 Å². The van der Waals surface area contributed by atoms with Gasteiger partial charge < -0.3 is 10.6 Å². The molecular weight excluding hydrogens is 314 g/mol. The summed E-state index contributed by atoms with van der Waals surface area (Å²) in [4.78, 5) is 16.2. The van der Waals surface area contributed by atoms with Crippen molar-refractivity contribution in [2.24, 2.45) is 0 Å². The fourth-order valence-electron chi connectivity index (χ4n) is 2.42. The van der Waals surface area contributed by atoms with Crippen molar-refractivity contribution in [1.29, 1.82) is 0 Å². The molecule has 0 saturated heterocycles. The molecule has 0 aliphatic rings. The van der Waals surface area contributed by atoms with E-state index >= 15 is 0 Å². The van der Waals surface area contributed by atoms with Crippen LogP contribution in [0.5, 0.6) is 0 Å². The van der Waals surface area contributed by atoms with Gasteiger partial charge in [0.05, 0.1) is 12.2 Å². The molecular formula is C19H21N5O. The Morgan fingerprint density at radius 3 is 2.72 bits per heavy atom. The van der Waals surface area contributed by atoms with Crippen molar-refractivity contribution in [3.8, 4) is 11.4 Å². The van der Waals surface area contributed by atoms with E-state index < -0.39 is 0 Å². The molecule has 2 N–H and O–H groups in total. The predicted molar refractivity (Wildman–Crippen MR) is 98.4 cm³/mol. The van der Waals surface area contributed by atoms with Crippen LogP contribution in [0.25, 0.3) is 11.4 Å². The summed E-state index contributed by atoms with van der Waals surface area (Å²) in [7, 11) is 0. The largest absolute Gasteiger partial charge is 0.336 e. The number of rotatable bonds is 5. The quantitative estimate of drug-likeness (QED) is 0.751. The van der Waals surface area contributed by atoms with Gasteiger partial charge in [0.15, 0.2) is 0 Å². The van der Waals surface area contributed by atoms with Gasteiger partial charge in [0.1, 0.15) is 5.69 Å². The second-order valence-corrected chi connectivity index (χ2v) is 5.86. The van der Waals surface area contributed by atoms with Crippen molar-refractivity contribution in [1.82, 2.24) is 20.1 Å². The van der Waals surface area contributed by atoms with Gasteiger partial charge in [-0.25, -0.2) is 4.79 Å². The normalized spacial score (nSPS) is 10.5. The maximum absolute atomic E-state index is 12.0. The number of urea groups is 1. The van der Waals surface area contributed by atoms with Gasteiger partial charge in [-0.3, -0.25) is 9.67 Å². The predicted octanol–water partition coefficient (Wildman–Crippen LogP) is 3.38. The first-order valence-electron chi connectivity index (χ1n) is 8.19. The molecule has 0 radical (unpaired) electrons. The van der Waals surface area contributed by atoms with E-state index in [2.05, 4.69) is 20.7 Å². The first kappa shape index (κ1) is 16.7. The maximum Gasteiger partial charge on any atom is 0.319 e. The third-order valence-corrected chi connectivity index (χ3v) is 3.96. The van der Waals surface area contributed by atoms with E-state index in [1.165, 1.54) is 5.56 Å². The third-order valence-electron chi connectivity index (χ3n) is 3.96. The van der Waals surface area contributed by atoms with Gasteiger partial charge in [-0.1, -0.05) is 12.1 Å². The number of carbonyl (C=O) groups is 1. The van der Waals surface area contributed by atoms with Crippen LogP contribution >= 0.6 is 0 Å². The van der Waals surface area contributed by atoms with Crippen LogP contribution in [0.3, 0.4) is 0 Å². The van der Waals surface area contributed by atoms with Gasteiger partial charge in [-0.05, 0) is 55.3 Å². The van der Waals surface area contributed by atoms with Gasteiger partial charge in [0, 0.05) is 24.6 Å². The van der Waals surface area contributed by atoms with Crippen LogP contribution in [0.15, 0.2) is 54.9 Å². The van der Waals surface area contributed by atoms with E-state index in [-0.39, 0.29) is 6.03 Å². The van der Waals surface area contributed by atoms with Crippen molar-refractivity contribution in [2.45, 2.75) is 20.4 Å². The van der Waals surface area contributed by atoms with E-state index in [0.717, 1.165) is 22.6 Å². The number of benzene rings is 1. The summed E-state index contributed by atoms with van der Waals surface area (Å²) >= 11 is 0. The standard InChI is InChI=1S/C19H21N5O/c1-14-6-7-16(13-15(14)2)22-19(25)21-10-12-24-11-8-18(23-24)17-5-3-4-9-20-17/h3-9,11,13H,10,12H2,1-2H3,(H2,21,22,25). The monoisotopic (exact) mass is 335 g/mol. The van der Waals surface area contributed by atoms with Crippen LogP contribution in [-0.4, -0.2) is 27.3 Å². The number of pyridine rings is 1. The van der Waals surface area contributed by atoms with Crippen LogP contribution in [0.2, 0.25) is 0 Å². The second-order valence-electron chi connectivity index (χ2n) is 5.86. The number of anilines is 1. The maximum atomic E-state index is 12.0. The van der Waals surface area contributed by atoms with E-state index in [4.69, 9.17) is 0 Å². The molecule has 0 aliphatic carbocycles. The van der Waals surface area contributed by atoms with Gasteiger partial charge >= 0.3 is 6.03 Å². The summed E-state index contributed by atoms with van der Waals surface area (Å²) < 4.78 is 1.79. The molecule has 0 unspecified atom stereocenters. The van der Waals surface area contributed by atoms with E-state index in [1.807, 2.05) is 62.5 Å². The molecule has 0 atom stereocenters. The lowest BCUT2D eigenvalue weighted by Crippen LogP contribution is -2.31. The van der Waals surface area contributed by atoms with Crippen molar-refractivity contribution in [3.05, 3.63) is 66.0 Å². The zero-order valence-corrected chi connectivity index (χ0v) is 14.4. The van der Waals surface area contributed by atoms with Gasteiger partial charge in [0.2, 0.25) is 0 Å². The highest BCUT2D eigenvalue weighted by Crippen LogP contribution is 2.14. The van der Waals surface area contributed by atoms with Crippen LogP contribution in [0.4, 0.5) is 10.5 Å². The minimum Gasteiger partial charge on any atom is -0.336 e. The lowest BCUT2D eigenvalue weighted by atomic mass is 10.1. The second kappa shape index (κ2) is 7.61. The van der Waals surface area contributed by atoms with E-state index in [0.29, 0.717) is 13.1 Å². The number of hydrogen-bond donors (Lipinski definition) is 2. The molecule has 2 aromatic heterocycles. The highest BCUT2D eigenvalue weighted by Gasteiger charge is 2.05. The molecule has 3 rings (SSSR count). The lowest BCUT2D eigenvalue weighted by Gasteiger charge is -2.09. The summed E-state index contributed by atoms with van der Waals surface area (Å²) in [5.41, 5.74) is 4.80.